The minimum Gasteiger partial charge on any atom is -0.368 e. The molecule has 0 aromatic rings. The van der Waals surface area contributed by atoms with Gasteiger partial charge in [0.2, 0.25) is 5.91 Å². The molecule has 0 aromatic carbocycles. The number of hydrogen-bond acceptors (Lipinski definition) is 2. The van der Waals surface area contributed by atoms with E-state index in [-0.39, 0.29) is 11.9 Å². The largest absolute Gasteiger partial charge is 0.368 e. The third-order valence-electron chi connectivity index (χ3n) is 5.10. The number of amides is 1. The fourth-order valence-corrected chi connectivity index (χ4v) is 4.57. The lowest BCUT2D eigenvalue weighted by molar-refractivity contribution is -0.120. The summed E-state index contributed by atoms with van der Waals surface area (Å²) in [6, 6.07) is 0.401. The topological polar surface area (TPSA) is 55.1 Å². The Hall–Kier alpha value is -0.570. The molecule has 4 aliphatic rings. The number of hydrogen-bond donors (Lipinski definition) is 2. The molecule has 0 spiro atoms. The second-order valence-corrected chi connectivity index (χ2v) is 6.25. The molecule has 4 rings (SSSR count). The van der Waals surface area contributed by atoms with Crippen LogP contribution in [0.1, 0.15) is 39.0 Å². The van der Waals surface area contributed by atoms with Crippen molar-refractivity contribution in [2.24, 2.45) is 29.4 Å². The van der Waals surface area contributed by atoms with Gasteiger partial charge in [-0.25, -0.2) is 0 Å². The van der Waals surface area contributed by atoms with Gasteiger partial charge in [-0.1, -0.05) is 0 Å². The molecule has 0 radical (unpaired) electrons. The molecule has 0 unspecified atom stereocenters. The molecule has 0 saturated heterocycles. The van der Waals surface area contributed by atoms with Crippen molar-refractivity contribution < 1.29 is 4.79 Å². The molecule has 1 atom stereocenters. The van der Waals surface area contributed by atoms with E-state index in [0.29, 0.717) is 6.04 Å². The molecule has 4 saturated carbocycles. The van der Waals surface area contributed by atoms with Crippen LogP contribution in [0.4, 0.5) is 0 Å². The van der Waals surface area contributed by atoms with Crippen molar-refractivity contribution in [1.29, 1.82) is 0 Å². The normalized spacial score (nSPS) is 46.9. The van der Waals surface area contributed by atoms with Crippen molar-refractivity contribution in [3.8, 4) is 0 Å². The Morgan fingerprint density at radius 1 is 1.12 bits per heavy atom. The molecule has 1 amide bonds. The van der Waals surface area contributed by atoms with Crippen LogP contribution in [-0.2, 0) is 4.79 Å². The van der Waals surface area contributed by atoms with E-state index in [1.165, 1.54) is 32.1 Å². The van der Waals surface area contributed by atoms with Crippen LogP contribution in [0.2, 0.25) is 0 Å². The van der Waals surface area contributed by atoms with E-state index in [2.05, 4.69) is 5.32 Å². The van der Waals surface area contributed by atoms with Crippen molar-refractivity contribution in [2.75, 3.05) is 0 Å². The first-order chi connectivity index (χ1) is 7.63. The summed E-state index contributed by atoms with van der Waals surface area (Å²) in [4.78, 5) is 11.1. The second kappa shape index (κ2) is 3.73. The number of primary amides is 1. The van der Waals surface area contributed by atoms with E-state index < -0.39 is 0 Å². The van der Waals surface area contributed by atoms with Crippen molar-refractivity contribution >= 4 is 5.91 Å². The highest BCUT2D eigenvalue weighted by atomic mass is 16.1. The molecule has 3 heteroatoms. The van der Waals surface area contributed by atoms with Gasteiger partial charge in [0.15, 0.2) is 0 Å². The third-order valence-corrected chi connectivity index (χ3v) is 5.10. The van der Waals surface area contributed by atoms with Crippen LogP contribution in [0.25, 0.3) is 0 Å². The lowest BCUT2D eigenvalue weighted by atomic mass is 9.54. The lowest BCUT2D eigenvalue weighted by Crippen LogP contribution is -2.58. The standard InChI is InChI=1S/C13H22N2O/c1-7(13(14)16)15-12-10-3-8-2-9(5-10)6-11(12)4-8/h7-12,15H,2-6H2,1H3,(H2,14,16)/t7-,8?,9?,10?,11?,12?/m0/s1. The van der Waals surface area contributed by atoms with Gasteiger partial charge in [-0.2, -0.15) is 0 Å². The fraction of sp³-hybridized carbons (Fsp3) is 0.923. The quantitative estimate of drug-likeness (QED) is 0.755. The van der Waals surface area contributed by atoms with Gasteiger partial charge in [-0.15, -0.1) is 0 Å². The van der Waals surface area contributed by atoms with E-state index in [4.69, 9.17) is 5.73 Å². The number of nitrogens with two attached hydrogens (primary N) is 1. The van der Waals surface area contributed by atoms with E-state index in [1.807, 2.05) is 6.92 Å². The summed E-state index contributed by atoms with van der Waals surface area (Å²) in [7, 11) is 0. The fourth-order valence-electron chi connectivity index (χ4n) is 4.57. The predicted octanol–water partition coefficient (Wildman–Crippen LogP) is 1.27. The first kappa shape index (κ1) is 10.6. The molecule has 4 aliphatic carbocycles. The summed E-state index contributed by atoms with van der Waals surface area (Å²) in [5, 5.41) is 3.49. The average molecular weight is 222 g/mol. The smallest absolute Gasteiger partial charge is 0.234 e. The molecule has 4 fully saturated rings. The van der Waals surface area contributed by atoms with Gasteiger partial charge in [-0.3, -0.25) is 4.79 Å². The zero-order chi connectivity index (χ0) is 11.3. The highest BCUT2D eigenvalue weighted by molar-refractivity contribution is 5.79. The van der Waals surface area contributed by atoms with E-state index >= 15 is 0 Å². The first-order valence-electron chi connectivity index (χ1n) is 6.69. The molecule has 0 aliphatic heterocycles. The Labute approximate surface area is 97.2 Å². The molecule has 0 aromatic heterocycles. The highest BCUT2D eigenvalue weighted by Crippen LogP contribution is 2.53. The zero-order valence-electron chi connectivity index (χ0n) is 9.99. The van der Waals surface area contributed by atoms with Gasteiger partial charge < -0.3 is 11.1 Å². The van der Waals surface area contributed by atoms with E-state index in [9.17, 15) is 4.79 Å². The second-order valence-electron chi connectivity index (χ2n) is 6.25. The van der Waals surface area contributed by atoms with Gasteiger partial charge in [0, 0.05) is 6.04 Å². The Kier molecular flexibility index (Phi) is 2.46. The minimum absolute atomic E-state index is 0.164. The maximum Gasteiger partial charge on any atom is 0.234 e. The van der Waals surface area contributed by atoms with Gasteiger partial charge in [0.05, 0.1) is 6.04 Å². The van der Waals surface area contributed by atoms with Gasteiger partial charge >= 0.3 is 0 Å². The predicted molar refractivity (Wildman–Crippen MR) is 62.6 cm³/mol. The summed E-state index contributed by atoms with van der Waals surface area (Å²) in [6.07, 6.45) is 7.02. The van der Waals surface area contributed by atoms with Crippen LogP contribution in [0, 0.1) is 23.7 Å². The Balaban J connectivity index is 1.70. The summed E-state index contributed by atoms with van der Waals surface area (Å²) >= 11 is 0. The van der Waals surface area contributed by atoms with E-state index in [0.717, 1.165) is 23.7 Å². The average Bonchev–Trinajstić information content (AvgIpc) is 2.21. The maximum atomic E-state index is 11.1. The molecule has 90 valence electrons. The molecular formula is C13H22N2O. The summed E-state index contributed by atoms with van der Waals surface area (Å²) in [5.41, 5.74) is 5.34. The van der Waals surface area contributed by atoms with Gasteiger partial charge in [-0.05, 0) is 62.7 Å². The Bertz CT molecular complexity index is 274. The van der Waals surface area contributed by atoms with Crippen molar-refractivity contribution in [2.45, 2.75) is 51.1 Å². The maximum absolute atomic E-state index is 11.1. The van der Waals surface area contributed by atoms with Crippen molar-refractivity contribution in [1.82, 2.24) is 5.32 Å². The van der Waals surface area contributed by atoms with Crippen LogP contribution in [0.15, 0.2) is 0 Å². The molecule has 4 bridgehead atoms. The zero-order valence-corrected chi connectivity index (χ0v) is 9.99. The van der Waals surface area contributed by atoms with E-state index in [1.54, 1.807) is 0 Å². The molecular weight excluding hydrogens is 200 g/mol. The number of nitrogens with one attached hydrogen (secondary N) is 1. The van der Waals surface area contributed by atoms with Crippen LogP contribution >= 0.6 is 0 Å². The van der Waals surface area contributed by atoms with Gasteiger partial charge in [0.1, 0.15) is 0 Å². The SMILES string of the molecule is C[C@H](NC1C2CC3CC(C2)CC1C3)C(N)=O. The minimum atomic E-state index is -0.214. The third kappa shape index (κ3) is 1.65. The van der Waals surface area contributed by atoms with Gasteiger partial charge in [0.25, 0.3) is 0 Å². The van der Waals surface area contributed by atoms with Crippen LogP contribution in [0.5, 0.6) is 0 Å². The van der Waals surface area contributed by atoms with Crippen molar-refractivity contribution in [3.63, 3.8) is 0 Å². The molecule has 0 heterocycles. The van der Waals surface area contributed by atoms with Crippen LogP contribution in [-0.4, -0.2) is 18.0 Å². The molecule has 16 heavy (non-hydrogen) atoms. The van der Waals surface area contributed by atoms with Crippen molar-refractivity contribution in [3.05, 3.63) is 0 Å². The first-order valence-corrected chi connectivity index (χ1v) is 6.69. The summed E-state index contributed by atoms with van der Waals surface area (Å²) in [5.74, 6) is 3.40. The summed E-state index contributed by atoms with van der Waals surface area (Å²) < 4.78 is 0. The highest BCUT2D eigenvalue weighted by Gasteiger charge is 2.48. The lowest BCUT2D eigenvalue weighted by Gasteiger charge is -2.55. The number of carbonyl (C=O) groups excluding carboxylic acids is 1. The Morgan fingerprint density at radius 3 is 2.06 bits per heavy atom. The molecule has 3 N–H and O–H groups in total. The molecule has 3 nitrogen and oxygen atoms in total. The number of rotatable bonds is 3. The summed E-state index contributed by atoms with van der Waals surface area (Å²) in [6.45, 7) is 1.90. The van der Waals surface area contributed by atoms with Crippen LogP contribution in [0.3, 0.4) is 0 Å². The Morgan fingerprint density at radius 2 is 1.62 bits per heavy atom. The monoisotopic (exact) mass is 222 g/mol. The van der Waals surface area contributed by atoms with Crippen LogP contribution < -0.4 is 11.1 Å². The number of carbonyl (C=O) groups is 1.